The third-order valence-electron chi connectivity index (χ3n) is 3.81. The molecule has 1 N–H and O–H groups in total. The van der Waals surface area contributed by atoms with Gasteiger partial charge in [-0.15, -0.1) is 10.2 Å². The summed E-state index contributed by atoms with van der Waals surface area (Å²) in [5.74, 6) is 0.727. The van der Waals surface area contributed by atoms with Gasteiger partial charge < -0.3 is 10.1 Å². The highest BCUT2D eigenvalue weighted by Gasteiger charge is 2.16. The molecule has 0 bridgehead atoms. The van der Waals surface area contributed by atoms with Crippen LogP contribution in [0.3, 0.4) is 0 Å². The van der Waals surface area contributed by atoms with E-state index in [1.165, 1.54) is 37.1 Å². The van der Waals surface area contributed by atoms with Gasteiger partial charge in [-0.25, -0.2) is 0 Å². The number of hydrogen-bond donors (Lipinski definition) is 1. The molecule has 28 heavy (non-hydrogen) atoms. The number of anilines is 1. The smallest absolute Gasteiger partial charge is 0.273 e. The van der Waals surface area contributed by atoms with E-state index in [-0.39, 0.29) is 23.1 Å². The van der Waals surface area contributed by atoms with Crippen LogP contribution in [0.4, 0.5) is 11.4 Å². The lowest BCUT2D eigenvalue weighted by Crippen LogP contribution is -2.15. The second-order valence-electron chi connectivity index (χ2n) is 5.68. The Balaban J connectivity index is 1.70. The van der Waals surface area contributed by atoms with E-state index < -0.39 is 4.92 Å². The molecule has 0 fully saturated rings. The standard InChI is InChI=1S/C18H17N5O4S/c1-12-20-21-18(22(12)13-6-4-3-5-7-13)28-11-17(24)19-15-9-8-14(23(25)26)10-16(15)27-2/h3-10H,11H2,1-2H3,(H,19,24). The van der Waals surface area contributed by atoms with E-state index in [1.807, 2.05) is 41.8 Å². The second-order valence-corrected chi connectivity index (χ2v) is 6.62. The minimum Gasteiger partial charge on any atom is -0.494 e. The number of nitro benzene ring substituents is 1. The number of nitro groups is 1. The van der Waals surface area contributed by atoms with Crippen molar-refractivity contribution >= 4 is 29.0 Å². The van der Waals surface area contributed by atoms with Gasteiger partial charge in [0.05, 0.1) is 29.5 Å². The third-order valence-corrected chi connectivity index (χ3v) is 4.74. The Morgan fingerprint density at radius 1 is 1.25 bits per heavy atom. The summed E-state index contributed by atoms with van der Waals surface area (Å²) in [6.45, 7) is 1.84. The molecule has 0 unspecified atom stereocenters. The summed E-state index contributed by atoms with van der Waals surface area (Å²) in [5, 5.41) is 22.4. The first-order valence-corrected chi connectivity index (χ1v) is 9.20. The minimum atomic E-state index is -0.525. The summed E-state index contributed by atoms with van der Waals surface area (Å²) >= 11 is 1.24. The number of non-ortho nitro benzene ring substituents is 1. The van der Waals surface area contributed by atoms with Gasteiger partial charge >= 0.3 is 0 Å². The SMILES string of the molecule is COc1cc([N+](=O)[O-])ccc1NC(=O)CSc1nnc(C)n1-c1ccccc1. The Bertz CT molecular complexity index is 1010. The first kappa shape index (κ1) is 19.4. The predicted molar refractivity (Wildman–Crippen MR) is 105 cm³/mol. The molecule has 0 aliphatic carbocycles. The molecular weight excluding hydrogens is 382 g/mol. The van der Waals surface area contributed by atoms with E-state index in [1.54, 1.807) is 0 Å². The molecule has 1 amide bonds. The summed E-state index contributed by atoms with van der Waals surface area (Å²) < 4.78 is 6.99. The molecule has 3 aromatic rings. The molecule has 0 radical (unpaired) electrons. The van der Waals surface area contributed by atoms with Gasteiger partial charge in [0.1, 0.15) is 11.6 Å². The molecule has 0 atom stereocenters. The van der Waals surface area contributed by atoms with E-state index in [2.05, 4.69) is 15.5 Å². The Morgan fingerprint density at radius 3 is 2.68 bits per heavy atom. The normalized spacial score (nSPS) is 10.5. The van der Waals surface area contributed by atoms with Gasteiger partial charge in [0, 0.05) is 11.8 Å². The maximum atomic E-state index is 12.3. The first-order chi connectivity index (χ1) is 13.5. The van der Waals surface area contributed by atoms with Crippen molar-refractivity contribution < 1.29 is 14.5 Å². The van der Waals surface area contributed by atoms with E-state index in [0.29, 0.717) is 16.7 Å². The van der Waals surface area contributed by atoms with Crippen LogP contribution in [0.15, 0.2) is 53.7 Å². The van der Waals surface area contributed by atoms with Crippen molar-refractivity contribution in [3.8, 4) is 11.4 Å². The second kappa shape index (κ2) is 8.53. The summed E-state index contributed by atoms with van der Waals surface area (Å²) in [6, 6.07) is 13.6. The van der Waals surface area contributed by atoms with Crippen molar-refractivity contribution in [2.45, 2.75) is 12.1 Å². The van der Waals surface area contributed by atoms with E-state index in [9.17, 15) is 14.9 Å². The van der Waals surface area contributed by atoms with Crippen LogP contribution in [0, 0.1) is 17.0 Å². The number of thioether (sulfide) groups is 1. The number of hydrogen-bond acceptors (Lipinski definition) is 7. The summed E-state index contributed by atoms with van der Waals surface area (Å²) in [7, 11) is 1.38. The molecule has 10 heteroatoms. The number of carbonyl (C=O) groups is 1. The first-order valence-electron chi connectivity index (χ1n) is 8.22. The monoisotopic (exact) mass is 399 g/mol. The van der Waals surface area contributed by atoms with Crippen molar-refractivity contribution in [1.29, 1.82) is 0 Å². The van der Waals surface area contributed by atoms with Gasteiger partial charge in [0.2, 0.25) is 5.91 Å². The average Bonchev–Trinajstić information content (AvgIpc) is 3.07. The molecule has 2 aromatic carbocycles. The van der Waals surface area contributed by atoms with Crippen LogP contribution < -0.4 is 10.1 Å². The molecule has 0 aliphatic heterocycles. The van der Waals surface area contributed by atoms with Crippen molar-refractivity contribution in [1.82, 2.24) is 14.8 Å². The van der Waals surface area contributed by atoms with E-state index in [4.69, 9.17) is 4.74 Å². The molecule has 9 nitrogen and oxygen atoms in total. The minimum absolute atomic E-state index is 0.0884. The number of aromatic nitrogens is 3. The topological polar surface area (TPSA) is 112 Å². The fourth-order valence-electron chi connectivity index (χ4n) is 2.52. The summed E-state index contributed by atoms with van der Waals surface area (Å²) in [4.78, 5) is 22.7. The highest BCUT2D eigenvalue weighted by atomic mass is 32.2. The van der Waals surface area contributed by atoms with Crippen molar-refractivity contribution in [2.75, 3.05) is 18.2 Å². The van der Waals surface area contributed by atoms with Gasteiger partial charge in [-0.05, 0) is 25.1 Å². The lowest BCUT2D eigenvalue weighted by molar-refractivity contribution is -0.384. The number of ether oxygens (including phenoxy) is 1. The number of rotatable bonds is 7. The molecule has 0 saturated heterocycles. The quantitative estimate of drug-likeness (QED) is 0.369. The van der Waals surface area contributed by atoms with Gasteiger partial charge in [0.25, 0.3) is 5.69 Å². The van der Waals surface area contributed by atoms with Crippen molar-refractivity contribution in [2.24, 2.45) is 0 Å². The zero-order chi connectivity index (χ0) is 20.1. The Morgan fingerprint density at radius 2 is 2.00 bits per heavy atom. The Labute approximate surface area is 164 Å². The van der Waals surface area contributed by atoms with Gasteiger partial charge in [-0.3, -0.25) is 19.5 Å². The third kappa shape index (κ3) is 4.29. The fraction of sp³-hybridized carbons (Fsp3) is 0.167. The molecular formula is C18H17N5O4S. The Kier molecular flexibility index (Phi) is 5.90. The van der Waals surface area contributed by atoms with Gasteiger partial charge in [-0.1, -0.05) is 30.0 Å². The van der Waals surface area contributed by atoms with Crippen molar-refractivity contribution in [3.63, 3.8) is 0 Å². The maximum absolute atomic E-state index is 12.3. The van der Waals surface area contributed by atoms with Crippen LogP contribution >= 0.6 is 11.8 Å². The highest BCUT2D eigenvalue weighted by Crippen LogP contribution is 2.29. The number of nitrogens with zero attached hydrogens (tertiary/aromatic N) is 4. The van der Waals surface area contributed by atoms with Gasteiger partial charge in [-0.2, -0.15) is 0 Å². The summed E-state index contributed by atoms with van der Waals surface area (Å²) in [6.07, 6.45) is 0. The Hall–Kier alpha value is -3.40. The molecule has 0 spiro atoms. The zero-order valence-corrected chi connectivity index (χ0v) is 16.0. The predicted octanol–water partition coefficient (Wildman–Crippen LogP) is 3.22. The number of carbonyl (C=O) groups excluding carboxylic acids is 1. The highest BCUT2D eigenvalue weighted by molar-refractivity contribution is 7.99. The number of benzene rings is 2. The molecule has 1 aromatic heterocycles. The molecule has 0 saturated carbocycles. The average molecular weight is 399 g/mol. The maximum Gasteiger partial charge on any atom is 0.273 e. The molecule has 3 rings (SSSR count). The van der Waals surface area contributed by atoms with Crippen LogP contribution in [-0.4, -0.2) is 38.5 Å². The lowest BCUT2D eigenvalue weighted by atomic mass is 10.2. The largest absolute Gasteiger partial charge is 0.494 e. The van der Waals surface area contributed by atoms with Crippen LogP contribution in [-0.2, 0) is 4.79 Å². The number of para-hydroxylation sites is 1. The number of amides is 1. The van der Waals surface area contributed by atoms with Crippen LogP contribution in [0.2, 0.25) is 0 Å². The number of methoxy groups -OCH3 is 1. The molecule has 0 aliphatic rings. The van der Waals surface area contributed by atoms with Crippen LogP contribution in [0.25, 0.3) is 5.69 Å². The molecule has 1 heterocycles. The molecule has 144 valence electrons. The zero-order valence-electron chi connectivity index (χ0n) is 15.2. The van der Waals surface area contributed by atoms with Crippen molar-refractivity contribution in [3.05, 3.63) is 64.5 Å². The van der Waals surface area contributed by atoms with E-state index >= 15 is 0 Å². The van der Waals surface area contributed by atoms with Crippen LogP contribution in [0.5, 0.6) is 5.75 Å². The van der Waals surface area contributed by atoms with Crippen LogP contribution in [0.1, 0.15) is 5.82 Å². The van der Waals surface area contributed by atoms with Gasteiger partial charge in [0.15, 0.2) is 5.16 Å². The fourth-order valence-corrected chi connectivity index (χ4v) is 3.32. The lowest BCUT2D eigenvalue weighted by Gasteiger charge is -2.10. The number of aryl methyl sites for hydroxylation is 1. The number of nitrogens with one attached hydrogen (secondary N) is 1. The summed E-state index contributed by atoms with van der Waals surface area (Å²) in [5.41, 5.74) is 1.15. The van der Waals surface area contributed by atoms with E-state index in [0.717, 1.165) is 5.69 Å².